The number of amides is 1. The van der Waals surface area contributed by atoms with Crippen LogP contribution in [0.1, 0.15) is 16.7 Å². The number of benzene rings is 3. The predicted octanol–water partition coefficient (Wildman–Crippen LogP) is 3.77. The molecule has 0 saturated heterocycles. The minimum atomic E-state index is -3.96. The van der Waals surface area contributed by atoms with Gasteiger partial charge in [0.15, 0.2) is 6.10 Å². The molecule has 3 aromatic carbocycles. The van der Waals surface area contributed by atoms with Crippen molar-refractivity contribution in [3.8, 4) is 17.2 Å². The van der Waals surface area contributed by atoms with Crippen molar-refractivity contribution in [2.45, 2.75) is 31.8 Å². The lowest BCUT2D eigenvalue weighted by atomic mass is 10.1. The van der Waals surface area contributed by atoms with Crippen LogP contribution in [0.25, 0.3) is 0 Å². The lowest BCUT2D eigenvalue weighted by Crippen LogP contribution is -2.51. The van der Waals surface area contributed by atoms with Crippen molar-refractivity contribution in [3.63, 3.8) is 0 Å². The van der Waals surface area contributed by atoms with Crippen LogP contribution < -0.4 is 23.8 Å². The molecule has 8 nitrogen and oxygen atoms in total. The number of methoxy groups -OCH3 is 1. The molecule has 1 heterocycles. The molecule has 1 aliphatic rings. The predicted molar refractivity (Wildman–Crippen MR) is 138 cm³/mol. The van der Waals surface area contributed by atoms with Gasteiger partial charge in [0.05, 0.1) is 30.8 Å². The third kappa shape index (κ3) is 5.41. The van der Waals surface area contributed by atoms with Gasteiger partial charge in [0.25, 0.3) is 15.9 Å². The topological polar surface area (TPSA) is 94.2 Å². The van der Waals surface area contributed by atoms with Crippen LogP contribution in [-0.4, -0.2) is 47.2 Å². The van der Waals surface area contributed by atoms with E-state index in [1.807, 2.05) is 45.0 Å². The summed E-state index contributed by atoms with van der Waals surface area (Å²) in [6, 6.07) is 17.2. The first-order valence-electron chi connectivity index (χ1n) is 11.6. The van der Waals surface area contributed by atoms with Crippen molar-refractivity contribution in [2.24, 2.45) is 0 Å². The first kappa shape index (κ1) is 25.4. The van der Waals surface area contributed by atoms with Crippen LogP contribution in [0.2, 0.25) is 0 Å². The van der Waals surface area contributed by atoms with Crippen LogP contribution in [-0.2, 0) is 14.8 Å². The monoisotopic (exact) mass is 510 g/mol. The molecular weight excluding hydrogens is 480 g/mol. The standard InChI is InChI=1S/C27H30N2O6S/c1-18-5-12-25-24(15-18)29(36(31,32)23-10-8-21(33-4)9-11-23)17-26(35-25)27(30)28-13-14-34-22-7-6-19(2)20(3)16-22/h5-12,15-16,26H,13-14,17H2,1-4H3,(H,28,30)/t26-/m1/s1. The Labute approximate surface area is 211 Å². The number of hydrogen-bond acceptors (Lipinski definition) is 6. The number of fused-ring (bicyclic) bond motifs is 1. The van der Waals surface area contributed by atoms with Gasteiger partial charge in [-0.3, -0.25) is 9.10 Å². The van der Waals surface area contributed by atoms with Crippen molar-refractivity contribution in [3.05, 3.63) is 77.4 Å². The molecule has 1 amide bonds. The average Bonchev–Trinajstić information content (AvgIpc) is 2.87. The van der Waals surface area contributed by atoms with Gasteiger partial charge in [0, 0.05) is 0 Å². The molecule has 4 rings (SSSR count). The van der Waals surface area contributed by atoms with E-state index in [1.165, 1.54) is 29.1 Å². The fraction of sp³-hybridized carbons (Fsp3) is 0.296. The fourth-order valence-corrected chi connectivity index (χ4v) is 5.33. The molecule has 1 atom stereocenters. The highest BCUT2D eigenvalue weighted by Gasteiger charge is 2.37. The average molecular weight is 511 g/mol. The summed E-state index contributed by atoms with van der Waals surface area (Å²) in [4.78, 5) is 13.0. The highest BCUT2D eigenvalue weighted by atomic mass is 32.2. The third-order valence-electron chi connectivity index (χ3n) is 6.07. The van der Waals surface area contributed by atoms with E-state index < -0.39 is 22.0 Å². The van der Waals surface area contributed by atoms with E-state index in [0.717, 1.165) is 16.9 Å². The van der Waals surface area contributed by atoms with Crippen molar-refractivity contribution in [2.75, 3.05) is 31.1 Å². The summed E-state index contributed by atoms with van der Waals surface area (Å²) in [5.74, 6) is 1.19. The van der Waals surface area contributed by atoms with Crippen LogP contribution in [0.4, 0.5) is 5.69 Å². The highest BCUT2D eigenvalue weighted by Crippen LogP contribution is 2.38. The summed E-state index contributed by atoms with van der Waals surface area (Å²) in [7, 11) is -2.44. The molecule has 0 fully saturated rings. The quantitative estimate of drug-likeness (QED) is 0.464. The molecule has 0 saturated carbocycles. The summed E-state index contributed by atoms with van der Waals surface area (Å²) in [6.07, 6.45) is -1.02. The van der Waals surface area contributed by atoms with Gasteiger partial charge in [-0.25, -0.2) is 8.42 Å². The SMILES string of the molecule is COc1ccc(S(=O)(=O)N2C[C@H](C(=O)NCCOc3ccc(C)c(C)c3)Oc3ccc(C)cc32)cc1. The first-order chi connectivity index (χ1) is 17.2. The molecule has 1 aliphatic heterocycles. The lowest BCUT2D eigenvalue weighted by Gasteiger charge is -2.35. The van der Waals surface area contributed by atoms with Crippen LogP contribution >= 0.6 is 0 Å². The van der Waals surface area contributed by atoms with Crippen LogP contribution in [0, 0.1) is 20.8 Å². The van der Waals surface area contributed by atoms with E-state index in [2.05, 4.69) is 5.32 Å². The third-order valence-corrected chi connectivity index (χ3v) is 7.87. The number of aryl methyl sites for hydroxylation is 3. The van der Waals surface area contributed by atoms with E-state index in [0.29, 0.717) is 17.2 Å². The second-order valence-corrected chi connectivity index (χ2v) is 10.5. The molecule has 0 aliphatic carbocycles. The maximum absolute atomic E-state index is 13.6. The fourth-order valence-electron chi connectivity index (χ4n) is 3.86. The molecule has 0 spiro atoms. The number of nitrogens with one attached hydrogen (secondary N) is 1. The summed E-state index contributed by atoms with van der Waals surface area (Å²) in [5, 5.41) is 2.79. The normalized spacial score (nSPS) is 15.0. The van der Waals surface area contributed by atoms with E-state index in [1.54, 1.807) is 24.3 Å². The molecule has 0 aromatic heterocycles. The number of rotatable bonds is 8. The second-order valence-electron chi connectivity index (χ2n) is 8.67. The van der Waals surface area contributed by atoms with E-state index in [4.69, 9.17) is 14.2 Å². The molecule has 3 aromatic rings. The zero-order chi connectivity index (χ0) is 25.9. The van der Waals surface area contributed by atoms with Crippen LogP contribution in [0.3, 0.4) is 0 Å². The number of nitrogens with zero attached hydrogens (tertiary/aromatic N) is 1. The van der Waals surface area contributed by atoms with Crippen LogP contribution in [0.15, 0.2) is 65.6 Å². The Morgan fingerprint density at radius 3 is 2.42 bits per heavy atom. The van der Waals surface area contributed by atoms with Gasteiger partial charge in [-0.15, -0.1) is 0 Å². The smallest absolute Gasteiger partial charge is 0.264 e. The Morgan fingerprint density at radius 2 is 1.72 bits per heavy atom. The Hall–Kier alpha value is -3.72. The Kier molecular flexibility index (Phi) is 7.40. The zero-order valence-electron chi connectivity index (χ0n) is 20.8. The Morgan fingerprint density at radius 1 is 1.00 bits per heavy atom. The molecule has 0 bridgehead atoms. The first-order valence-corrected chi connectivity index (χ1v) is 13.0. The maximum Gasteiger partial charge on any atom is 0.264 e. The summed E-state index contributed by atoms with van der Waals surface area (Å²) in [6.45, 7) is 6.26. The molecule has 9 heteroatoms. The molecule has 0 radical (unpaired) electrons. The number of sulfonamides is 1. The van der Waals surface area contributed by atoms with Gasteiger partial charge in [-0.05, 0) is 86.0 Å². The second kappa shape index (κ2) is 10.5. The van der Waals surface area contributed by atoms with Gasteiger partial charge in [-0.1, -0.05) is 12.1 Å². The van der Waals surface area contributed by atoms with Gasteiger partial charge in [0.2, 0.25) is 0 Å². The van der Waals surface area contributed by atoms with Crippen molar-refractivity contribution >= 4 is 21.6 Å². The number of hydrogen-bond donors (Lipinski definition) is 1. The van der Waals surface area contributed by atoms with Gasteiger partial charge in [0.1, 0.15) is 23.9 Å². The molecule has 190 valence electrons. The summed E-state index contributed by atoms with van der Waals surface area (Å²) in [5.41, 5.74) is 3.57. The van der Waals surface area contributed by atoms with E-state index in [9.17, 15) is 13.2 Å². The summed E-state index contributed by atoms with van der Waals surface area (Å²) < 4.78 is 45.2. The van der Waals surface area contributed by atoms with Gasteiger partial charge < -0.3 is 19.5 Å². The number of ether oxygens (including phenoxy) is 3. The largest absolute Gasteiger partial charge is 0.497 e. The van der Waals surface area contributed by atoms with Gasteiger partial charge >= 0.3 is 0 Å². The minimum Gasteiger partial charge on any atom is -0.497 e. The Bertz CT molecular complexity index is 1360. The van der Waals surface area contributed by atoms with Crippen molar-refractivity contribution in [1.82, 2.24) is 5.32 Å². The maximum atomic E-state index is 13.6. The number of carbonyl (C=O) groups is 1. The molecule has 1 N–H and O–H groups in total. The molecular formula is C27H30N2O6S. The van der Waals surface area contributed by atoms with Gasteiger partial charge in [-0.2, -0.15) is 0 Å². The zero-order valence-corrected chi connectivity index (χ0v) is 21.6. The Balaban J connectivity index is 1.48. The number of carbonyl (C=O) groups excluding carboxylic acids is 1. The van der Waals surface area contributed by atoms with Crippen molar-refractivity contribution < 1.29 is 27.4 Å². The number of anilines is 1. The van der Waals surface area contributed by atoms with Crippen molar-refractivity contribution in [1.29, 1.82) is 0 Å². The molecule has 36 heavy (non-hydrogen) atoms. The van der Waals surface area contributed by atoms with Crippen LogP contribution in [0.5, 0.6) is 17.2 Å². The molecule has 0 unspecified atom stereocenters. The van der Waals surface area contributed by atoms with E-state index >= 15 is 0 Å². The highest BCUT2D eigenvalue weighted by molar-refractivity contribution is 7.92. The van der Waals surface area contributed by atoms with E-state index in [-0.39, 0.29) is 24.6 Å². The lowest BCUT2D eigenvalue weighted by molar-refractivity contribution is -0.127. The minimum absolute atomic E-state index is 0.0959. The summed E-state index contributed by atoms with van der Waals surface area (Å²) >= 11 is 0.